The van der Waals surface area contributed by atoms with Crippen molar-refractivity contribution < 1.29 is 8.78 Å². The summed E-state index contributed by atoms with van der Waals surface area (Å²) in [5.41, 5.74) is 0.657. The zero-order valence-electron chi connectivity index (χ0n) is 10.4. The lowest BCUT2D eigenvalue weighted by molar-refractivity contribution is -0.0258. The van der Waals surface area contributed by atoms with Crippen molar-refractivity contribution >= 4 is 15.9 Å². The number of hydrogen-bond acceptors (Lipinski definition) is 2. The van der Waals surface area contributed by atoms with Gasteiger partial charge in [0, 0.05) is 11.8 Å². The second-order valence-electron chi connectivity index (χ2n) is 4.29. The summed E-state index contributed by atoms with van der Waals surface area (Å²) in [6, 6.07) is 7.74. The number of hydrogen-bond donors (Lipinski definition) is 0. The zero-order valence-corrected chi connectivity index (χ0v) is 12.0. The number of rotatable bonds is 5. The van der Waals surface area contributed by atoms with E-state index in [1.807, 2.05) is 6.92 Å². The van der Waals surface area contributed by atoms with Crippen molar-refractivity contribution in [1.82, 2.24) is 15.0 Å². The van der Waals surface area contributed by atoms with E-state index in [4.69, 9.17) is 0 Å². The van der Waals surface area contributed by atoms with Gasteiger partial charge in [-0.3, -0.25) is 0 Å². The molecule has 0 saturated heterocycles. The van der Waals surface area contributed by atoms with Crippen molar-refractivity contribution in [2.24, 2.45) is 0 Å². The van der Waals surface area contributed by atoms with E-state index in [1.54, 1.807) is 24.4 Å². The number of halogens is 3. The largest absolute Gasteiger partial charge is 0.292 e. The fraction of sp³-hybridized carbons (Fsp3) is 0.385. The van der Waals surface area contributed by atoms with Gasteiger partial charge in [0.05, 0.1) is 10.5 Å². The predicted octanol–water partition coefficient (Wildman–Crippen LogP) is 3.92. The SMILES string of the molecule is CCC(Br)c1cn(CC(F)(F)c2ccccc2)nn1. The van der Waals surface area contributed by atoms with E-state index in [9.17, 15) is 8.78 Å². The molecule has 3 nitrogen and oxygen atoms in total. The second-order valence-corrected chi connectivity index (χ2v) is 5.39. The molecule has 0 radical (unpaired) electrons. The molecule has 0 aliphatic heterocycles. The Labute approximate surface area is 118 Å². The van der Waals surface area contributed by atoms with Crippen LogP contribution in [0.1, 0.15) is 29.4 Å². The van der Waals surface area contributed by atoms with Gasteiger partial charge in [0.15, 0.2) is 0 Å². The normalized spacial score (nSPS) is 13.5. The number of benzene rings is 1. The summed E-state index contributed by atoms with van der Waals surface area (Å²) in [4.78, 5) is 0.0478. The van der Waals surface area contributed by atoms with Crippen LogP contribution in [0, 0.1) is 0 Å². The molecule has 19 heavy (non-hydrogen) atoms. The first-order valence-corrected chi connectivity index (χ1v) is 6.92. The van der Waals surface area contributed by atoms with Crippen LogP contribution in [0.15, 0.2) is 36.5 Å². The van der Waals surface area contributed by atoms with Gasteiger partial charge in [0.1, 0.15) is 6.54 Å². The van der Waals surface area contributed by atoms with Crippen molar-refractivity contribution in [1.29, 1.82) is 0 Å². The molecule has 0 saturated carbocycles. The lowest BCUT2D eigenvalue weighted by Crippen LogP contribution is -2.21. The minimum absolute atomic E-state index is 0.0158. The Hall–Kier alpha value is -1.30. The van der Waals surface area contributed by atoms with Gasteiger partial charge in [0.25, 0.3) is 5.92 Å². The summed E-state index contributed by atoms with van der Waals surface area (Å²) in [5.74, 6) is -2.96. The lowest BCUT2D eigenvalue weighted by atomic mass is 10.1. The average molecular weight is 330 g/mol. The minimum Gasteiger partial charge on any atom is -0.246 e. The molecular weight excluding hydrogens is 316 g/mol. The monoisotopic (exact) mass is 329 g/mol. The molecule has 2 aromatic rings. The third kappa shape index (κ3) is 3.37. The van der Waals surface area contributed by atoms with Crippen LogP contribution in [0.25, 0.3) is 0 Å². The summed E-state index contributed by atoms with van der Waals surface area (Å²) in [5, 5.41) is 7.65. The van der Waals surface area contributed by atoms with Crippen molar-refractivity contribution in [3.8, 4) is 0 Å². The Balaban J connectivity index is 2.14. The van der Waals surface area contributed by atoms with E-state index >= 15 is 0 Å². The Morgan fingerprint density at radius 3 is 2.63 bits per heavy atom. The molecule has 0 spiro atoms. The second kappa shape index (κ2) is 5.77. The summed E-state index contributed by atoms with van der Waals surface area (Å²) < 4.78 is 29.3. The minimum atomic E-state index is -2.96. The summed E-state index contributed by atoms with van der Waals surface area (Å²) in [6.07, 6.45) is 2.38. The molecule has 1 heterocycles. The maximum Gasteiger partial charge on any atom is 0.292 e. The standard InChI is InChI=1S/C13H14BrF2N3/c1-2-11(14)12-8-19(18-17-12)9-13(15,16)10-6-4-3-5-7-10/h3-8,11H,2,9H2,1H3. The molecule has 0 aliphatic rings. The van der Waals surface area contributed by atoms with E-state index in [2.05, 4.69) is 26.2 Å². The van der Waals surface area contributed by atoms with Crippen LogP contribution >= 0.6 is 15.9 Å². The Morgan fingerprint density at radius 2 is 2.00 bits per heavy atom. The maximum absolute atomic E-state index is 14.0. The average Bonchev–Trinajstić information content (AvgIpc) is 2.86. The van der Waals surface area contributed by atoms with E-state index in [0.29, 0.717) is 5.69 Å². The van der Waals surface area contributed by atoms with Crippen LogP contribution < -0.4 is 0 Å². The van der Waals surface area contributed by atoms with E-state index < -0.39 is 12.5 Å². The van der Waals surface area contributed by atoms with Crippen LogP contribution in [0.3, 0.4) is 0 Å². The molecule has 0 bridgehead atoms. The molecule has 1 aromatic heterocycles. The van der Waals surface area contributed by atoms with Gasteiger partial charge in [-0.25, -0.2) is 4.68 Å². The predicted molar refractivity (Wildman–Crippen MR) is 72.3 cm³/mol. The molecule has 1 aromatic carbocycles. The van der Waals surface area contributed by atoms with Crippen LogP contribution in [-0.2, 0) is 12.5 Å². The van der Waals surface area contributed by atoms with Gasteiger partial charge in [-0.05, 0) is 6.42 Å². The maximum atomic E-state index is 14.0. The number of nitrogens with zero attached hydrogens (tertiary/aromatic N) is 3. The molecule has 2 rings (SSSR count). The molecule has 0 amide bonds. The highest BCUT2D eigenvalue weighted by atomic mass is 79.9. The van der Waals surface area contributed by atoms with Crippen LogP contribution in [-0.4, -0.2) is 15.0 Å². The molecule has 1 unspecified atom stereocenters. The molecule has 0 fully saturated rings. The van der Waals surface area contributed by atoms with Crippen LogP contribution in [0.5, 0.6) is 0 Å². The molecular formula is C13H14BrF2N3. The Kier molecular flexibility index (Phi) is 4.29. The lowest BCUT2D eigenvalue weighted by Gasteiger charge is -2.16. The Bertz CT molecular complexity index is 528. The van der Waals surface area contributed by atoms with Crippen LogP contribution in [0.4, 0.5) is 8.78 Å². The first-order valence-electron chi connectivity index (χ1n) is 6.00. The van der Waals surface area contributed by atoms with Gasteiger partial charge in [-0.1, -0.05) is 58.4 Å². The van der Waals surface area contributed by atoms with E-state index in [-0.39, 0.29) is 10.4 Å². The topological polar surface area (TPSA) is 30.7 Å². The first-order chi connectivity index (χ1) is 9.03. The smallest absolute Gasteiger partial charge is 0.246 e. The van der Waals surface area contributed by atoms with Crippen molar-refractivity contribution in [3.05, 3.63) is 47.8 Å². The summed E-state index contributed by atoms with van der Waals surface area (Å²) in [7, 11) is 0. The highest BCUT2D eigenvalue weighted by Crippen LogP contribution is 2.30. The Morgan fingerprint density at radius 1 is 1.32 bits per heavy atom. The fourth-order valence-electron chi connectivity index (χ4n) is 1.72. The quantitative estimate of drug-likeness (QED) is 0.778. The van der Waals surface area contributed by atoms with Gasteiger partial charge in [-0.15, -0.1) is 5.10 Å². The van der Waals surface area contributed by atoms with Gasteiger partial charge in [-0.2, -0.15) is 8.78 Å². The third-order valence-electron chi connectivity index (χ3n) is 2.79. The molecule has 1 atom stereocenters. The highest BCUT2D eigenvalue weighted by Gasteiger charge is 2.32. The third-order valence-corrected chi connectivity index (χ3v) is 3.91. The van der Waals surface area contributed by atoms with E-state index in [0.717, 1.165) is 6.42 Å². The highest BCUT2D eigenvalue weighted by molar-refractivity contribution is 9.09. The summed E-state index contributed by atoms with van der Waals surface area (Å²) in [6.45, 7) is 1.48. The molecule has 6 heteroatoms. The summed E-state index contributed by atoms with van der Waals surface area (Å²) >= 11 is 3.42. The van der Waals surface area contributed by atoms with Crippen molar-refractivity contribution in [2.75, 3.05) is 0 Å². The van der Waals surface area contributed by atoms with Crippen LogP contribution in [0.2, 0.25) is 0 Å². The number of alkyl halides is 3. The first kappa shape index (κ1) is 14.1. The number of aromatic nitrogens is 3. The van der Waals surface area contributed by atoms with Gasteiger partial charge in [0.2, 0.25) is 0 Å². The fourth-order valence-corrected chi connectivity index (χ4v) is 1.93. The van der Waals surface area contributed by atoms with Gasteiger partial charge >= 0.3 is 0 Å². The molecule has 102 valence electrons. The zero-order chi connectivity index (χ0) is 13.9. The molecule has 0 N–H and O–H groups in total. The van der Waals surface area contributed by atoms with Crippen molar-refractivity contribution in [3.63, 3.8) is 0 Å². The van der Waals surface area contributed by atoms with Gasteiger partial charge < -0.3 is 0 Å². The molecule has 0 aliphatic carbocycles. The van der Waals surface area contributed by atoms with Crippen molar-refractivity contribution in [2.45, 2.75) is 30.6 Å². The van der Waals surface area contributed by atoms with E-state index in [1.165, 1.54) is 16.8 Å².